The van der Waals surface area contributed by atoms with Gasteiger partial charge >= 0.3 is 0 Å². The number of carbonyl (C=O) groups is 1. The fourth-order valence-corrected chi connectivity index (χ4v) is 2.36. The highest BCUT2D eigenvalue weighted by molar-refractivity contribution is 6.00. The van der Waals surface area contributed by atoms with Gasteiger partial charge in [-0.2, -0.15) is 0 Å². The first-order valence-electron chi connectivity index (χ1n) is 6.10. The number of hydrogen-bond acceptors (Lipinski definition) is 2. The summed E-state index contributed by atoms with van der Waals surface area (Å²) in [4.78, 5) is 11.1. The van der Waals surface area contributed by atoms with E-state index in [0.717, 1.165) is 16.5 Å². The normalized spacial score (nSPS) is 10.7. The highest BCUT2D eigenvalue weighted by atomic mass is 16.3. The minimum atomic E-state index is 0.0278. The van der Waals surface area contributed by atoms with Gasteiger partial charge in [0.15, 0.2) is 6.29 Å². The number of nitrogens with zero attached hydrogens (tertiary/aromatic N) is 1. The van der Waals surface area contributed by atoms with E-state index < -0.39 is 0 Å². The van der Waals surface area contributed by atoms with Crippen molar-refractivity contribution in [2.24, 2.45) is 0 Å². The highest BCUT2D eigenvalue weighted by Crippen LogP contribution is 2.30. The number of fused-ring (bicyclic) bond motifs is 1. The van der Waals surface area contributed by atoms with Crippen LogP contribution in [0.25, 0.3) is 10.9 Å². The predicted molar refractivity (Wildman–Crippen MR) is 74.5 cm³/mol. The van der Waals surface area contributed by atoms with E-state index in [9.17, 15) is 9.90 Å². The molecule has 3 nitrogen and oxygen atoms in total. The Hall–Kier alpha value is -2.55. The molecule has 0 atom stereocenters. The van der Waals surface area contributed by atoms with Crippen LogP contribution in [0.3, 0.4) is 0 Å². The second-order valence-electron chi connectivity index (χ2n) is 4.44. The standard InChI is InChI=1S/C16H13NO2/c18-11-14-13-8-4-5-9-15(13)17(16(14)19)10-12-6-2-1-3-7-12/h1-9,11,19H,10H2. The van der Waals surface area contributed by atoms with E-state index in [1.165, 1.54) is 0 Å². The maximum absolute atomic E-state index is 11.1. The summed E-state index contributed by atoms with van der Waals surface area (Å²) in [5, 5.41) is 11.0. The van der Waals surface area contributed by atoms with Crippen LogP contribution in [0, 0.1) is 0 Å². The van der Waals surface area contributed by atoms with Crippen molar-refractivity contribution in [3.05, 3.63) is 65.7 Å². The van der Waals surface area contributed by atoms with Gasteiger partial charge in [-0.1, -0.05) is 48.5 Å². The third kappa shape index (κ3) is 1.89. The van der Waals surface area contributed by atoms with Crippen LogP contribution in [-0.4, -0.2) is 16.0 Å². The molecule has 0 aliphatic rings. The van der Waals surface area contributed by atoms with Crippen LogP contribution in [0.1, 0.15) is 15.9 Å². The molecule has 1 N–H and O–H groups in total. The number of hydrogen-bond donors (Lipinski definition) is 1. The number of aldehydes is 1. The van der Waals surface area contributed by atoms with Gasteiger partial charge in [0, 0.05) is 5.39 Å². The van der Waals surface area contributed by atoms with Crippen molar-refractivity contribution in [2.45, 2.75) is 6.54 Å². The lowest BCUT2D eigenvalue weighted by Gasteiger charge is -2.07. The molecule has 19 heavy (non-hydrogen) atoms. The predicted octanol–water partition coefficient (Wildman–Crippen LogP) is 3.21. The van der Waals surface area contributed by atoms with Crippen molar-refractivity contribution in [1.29, 1.82) is 0 Å². The summed E-state index contributed by atoms with van der Waals surface area (Å²) in [6.07, 6.45) is 0.707. The van der Waals surface area contributed by atoms with Gasteiger partial charge in [-0.3, -0.25) is 4.79 Å². The minimum absolute atomic E-state index is 0.0278. The van der Waals surface area contributed by atoms with Crippen molar-refractivity contribution in [3.8, 4) is 5.88 Å². The summed E-state index contributed by atoms with van der Waals surface area (Å²) >= 11 is 0. The SMILES string of the molecule is O=Cc1c(O)n(Cc2ccccc2)c2ccccc12. The van der Waals surface area contributed by atoms with E-state index in [4.69, 9.17) is 0 Å². The second kappa shape index (κ2) is 4.61. The number of rotatable bonds is 3. The zero-order valence-corrected chi connectivity index (χ0v) is 10.3. The Morgan fingerprint density at radius 3 is 2.42 bits per heavy atom. The molecule has 0 saturated heterocycles. The summed E-state index contributed by atoms with van der Waals surface area (Å²) in [5.41, 5.74) is 2.30. The summed E-state index contributed by atoms with van der Waals surface area (Å²) in [6, 6.07) is 17.4. The second-order valence-corrected chi connectivity index (χ2v) is 4.44. The monoisotopic (exact) mass is 251 g/mol. The number of para-hydroxylation sites is 1. The molecule has 0 bridgehead atoms. The Bertz CT molecular complexity index is 729. The van der Waals surface area contributed by atoms with Crippen LogP contribution < -0.4 is 0 Å². The topological polar surface area (TPSA) is 42.2 Å². The van der Waals surface area contributed by atoms with E-state index in [1.54, 1.807) is 4.57 Å². The molecule has 1 aromatic heterocycles. The first-order valence-corrected chi connectivity index (χ1v) is 6.10. The molecule has 0 aliphatic heterocycles. The van der Waals surface area contributed by atoms with E-state index in [2.05, 4.69) is 0 Å². The lowest BCUT2D eigenvalue weighted by atomic mass is 10.2. The Morgan fingerprint density at radius 2 is 1.68 bits per heavy atom. The Morgan fingerprint density at radius 1 is 1.00 bits per heavy atom. The lowest BCUT2D eigenvalue weighted by Crippen LogP contribution is -1.98. The minimum Gasteiger partial charge on any atom is -0.494 e. The molecule has 0 amide bonds. The quantitative estimate of drug-likeness (QED) is 0.726. The summed E-state index contributed by atoms with van der Waals surface area (Å²) in [5.74, 6) is 0.0278. The van der Waals surface area contributed by atoms with Crippen molar-refractivity contribution < 1.29 is 9.90 Å². The molecule has 0 unspecified atom stereocenters. The maximum atomic E-state index is 11.1. The molecule has 0 saturated carbocycles. The molecule has 0 aliphatic carbocycles. The molecule has 2 aromatic carbocycles. The third-order valence-electron chi connectivity index (χ3n) is 3.28. The number of benzene rings is 2. The Kier molecular flexibility index (Phi) is 2.80. The summed E-state index contributed by atoms with van der Waals surface area (Å²) in [7, 11) is 0. The van der Waals surface area contributed by atoms with Crippen LogP contribution in [0.4, 0.5) is 0 Å². The summed E-state index contributed by atoms with van der Waals surface area (Å²) < 4.78 is 1.76. The largest absolute Gasteiger partial charge is 0.494 e. The van der Waals surface area contributed by atoms with E-state index in [-0.39, 0.29) is 5.88 Å². The number of aromatic nitrogens is 1. The van der Waals surface area contributed by atoms with Gasteiger partial charge < -0.3 is 9.67 Å². The van der Waals surface area contributed by atoms with Crippen LogP contribution in [0.15, 0.2) is 54.6 Å². The molecule has 3 heteroatoms. The van der Waals surface area contributed by atoms with Gasteiger partial charge in [0.2, 0.25) is 5.88 Å². The number of aromatic hydroxyl groups is 1. The molecule has 94 valence electrons. The highest BCUT2D eigenvalue weighted by Gasteiger charge is 2.15. The molecular formula is C16H13NO2. The van der Waals surface area contributed by atoms with E-state index >= 15 is 0 Å². The van der Waals surface area contributed by atoms with Crippen molar-refractivity contribution in [1.82, 2.24) is 4.57 Å². The zero-order chi connectivity index (χ0) is 13.2. The van der Waals surface area contributed by atoms with Crippen molar-refractivity contribution in [2.75, 3.05) is 0 Å². The van der Waals surface area contributed by atoms with Crippen molar-refractivity contribution >= 4 is 17.2 Å². The first-order chi connectivity index (χ1) is 9.31. The molecule has 3 aromatic rings. The van der Waals surface area contributed by atoms with Crippen LogP contribution in [0.2, 0.25) is 0 Å². The average molecular weight is 251 g/mol. The maximum Gasteiger partial charge on any atom is 0.203 e. The average Bonchev–Trinajstić information content (AvgIpc) is 2.73. The van der Waals surface area contributed by atoms with Gasteiger partial charge in [-0.25, -0.2) is 0 Å². The fourth-order valence-electron chi connectivity index (χ4n) is 2.36. The van der Waals surface area contributed by atoms with Crippen molar-refractivity contribution in [3.63, 3.8) is 0 Å². The van der Waals surface area contributed by atoms with Gasteiger partial charge in [0.25, 0.3) is 0 Å². The van der Waals surface area contributed by atoms with Gasteiger partial charge in [0.05, 0.1) is 17.6 Å². The van der Waals surface area contributed by atoms with E-state index in [0.29, 0.717) is 18.4 Å². The fraction of sp³-hybridized carbons (Fsp3) is 0.0625. The third-order valence-corrected chi connectivity index (χ3v) is 3.28. The van der Waals surface area contributed by atoms with Crippen LogP contribution >= 0.6 is 0 Å². The Balaban J connectivity index is 2.18. The van der Waals surface area contributed by atoms with Gasteiger partial charge in [-0.15, -0.1) is 0 Å². The molecule has 1 heterocycles. The summed E-state index contributed by atoms with van der Waals surface area (Å²) in [6.45, 7) is 0.543. The molecule has 0 spiro atoms. The van der Waals surface area contributed by atoms with Gasteiger partial charge in [-0.05, 0) is 11.6 Å². The molecule has 0 radical (unpaired) electrons. The van der Waals surface area contributed by atoms with Crippen LogP contribution in [0.5, 0.6) is 5.88 Å². The van der Waals surface area contributed by atoms with Crippen LogP contribution in [-0.2, 0) is 6.54 Å². The molecule has 0 fully saturated rings. The lowest BCUT2D eigenvalue weighted by molar-refractivity contribution is 0.112. The zero-order valence-electron chi connectivity index (χ0n) is 10.3. The first kappa shape index (κ1) is 11.5. The van der Waals surface area contributed by atoms with Gasteiger partial charge in [0.1, 0.15) is 0 Å². The number of carbonyl (C=O) groups excluding carboxylic acids is 1. The smallest absolute Gasteiger partial charge is 0.203 e. The molecular weight excluding hydrogens is 238 g/mol. The Labute approximate surface area is 110 Å². The molecule has 3 rings (SSSR count). The van der Waals surface area contributed by atoms with E-state index in [1.807, 2.05) is 54.6 Å².